The first-order valence-corrected chi connectivity index (χ1v) is 3.43. The summed E-state index contributed by atoms with van der Waals surface area (Å²) in [7, 11) is 0. The summed E-state index contributed by atoms with van der Waals surface area (Å²) in [5.74, 6) is 0. The van der Waals surface area contributed by atoms with E-state index in [1.54, 1.807) is 6.21 Å². The molecular weight excluding hydrogens is 138 g/mol. The summed E-state index contributed by atoms with van der Waals surface area (Å²) in [5.41, 5.74) is 12.3. The highest BCUT2D eigenvalue weighted by Crippen LogP contribution is 2.29. The topological polar surface area (TPSA) is 64.4 Å². The average Bonchev–Trinajstić information content (AvgIpc) is 2.29. The van der Waals surface area contributed by atoms with Crippen molar-refractivity contribution in [2.45, 2.75) is 5.66 Å². The largest absolute Gasteiger partial charge is 0.305 e. The molecule has 3 nitrogen and oxygen atoms in total. The zero-order chi connectivity index (χ0) is 7.90. The van der Waals surface area contributed by atoms with Crippen molar-refractivity contribution >= 4 is 11.9 Å². The molecule has 3 heteroatoms. The summed E-state index contributed by atoms with van der Waals surface area (Å²) in [4.78, 5) is 4.08. The van der Waals surface area contributed by atoms with Crippen LogP contribution >= 0.6 is 0 Å². The molecule has 0 saturated heterocycles. The van der Waals surface area contributed by atoms with Gasteiger partial charge >= 0.3 is 0 Å². The molecule has 1 aromatic carbocycles. The Hall–Kier alpha value is -1.19. The van der Waals surface area contributed by atoms with Gasteiger partial charge in [-0.3, -0.25) is 4.99 Å². The highest BCUT2D eigenvalue weighted by molar-refractivity contribution is 5.83. The van der Waals surface area contributed by atoms with E-state index in [1.165, 1.54) is 0 Å². The number of rotatable bonds is 0. The van der Waals surface area contributed by atoms with Gasteiger partial charge in [0, 0.05) is 11.8 Å². The van der Waals surface area contributed by atoms with Crippen molar-refractivity contribution < 1.29 is 0 Å². The average molecular weight is 147 g/mol. The molecule has 1 aromatic rings. The second-order valence-electron chi connectivity index (χ2n) is 2.71. The molecule has 0 saturated carbocycles. The van der Waals surface area contributed by atoms with Crippen LogP contribution in [0.2, 0.25) is 0 Å². The number of benzene rings is 1. The maximum Gasteiger partial charge on any atom is 0.129 e. The third kappa shape index (κ3) is 0.859. The maximum atomic E-state index is 5.72. The number of fused-ring (bicyclic) bond motifs is 1. The van der Waals surface area contributed by atoms with E-state index in [4.69, 9.17) is 11.5 Å². The van der Waals surface area contributed by atoms with Gasteiger partial charge in [-0.2, -0.15) is 0 Å². The number of nitrogens with zero attached hydrogens (tertiary/aromatic N) is 1. The van der Waals surface area contributed by atoms with Crippen LogP contribution in [-0.4, -0.2) is 6.21 Å². The van der Waals surface area contributed by atoms with Gasteiger partial charge in [0.25, 0.3) is 0 Å². The lowest BCUT2D eigenvalue weighted by atomic mass is 10.0. The Kier molecular flexibility index (Phi) is 1.13. The van der Waals surface area contributed by atoms with Crippen molar-refractivity contribution in [3.8, 4) is 0 Å². The number of aliphatic imine (C=N–C) groups is 1. The normalized spacial score (nSPS) is 18.4. The van der Waals surface area contributed by atoms with Gasteiger partial charge in [-0.15, -0.1) is 0 Å². The molecule has 0 radical (unpaired) electrons. The van der Waals surface area contributed by atoms with Gasteiger partial charge in [-0.1, -0.05) is 18.2 Å². The molecule has 0 spiro atoms. The molecule has 4 N–H and O–H groups in total. The second kappa shape index (κ2) is 1.90. The second-order valence-corrected chi connectivity index (χ2v) is 2.71. The fourth-order valence-corrected chi connectivity index (χ4v) is 1.20. The van der Waals surface area contributed by atoms with Crippen LogP contribution in [0.5, 0.6) is 0 Å². The van der Waals surface area contributed by atoms with E-state index < -0.39 is 5.66 Å². The minimum Gasteiger partial charge on any atom is -0.305 e. The summed E-state index contributed by atoms with van der Waals surface area (Å²) in [6.45, 7) is 0. The lowest BCUT2D eigenvalue weighted by molar-refractivity contribution is 0.667. The van der Waals surface area contributed by atoms with Gasteiger partial charge in [0.15, 0.2) is 0 Å². The van der Waals surface area contributed by atoms with Crippen molar-refractivity contribution in [3.05, 3.63) is 29.8 Å². The van der Waals surface area contributed by atoms with E-state index in [0.717, 1.165) is 11.3 Å². The first-order valence-electron chi connectivity index (χ1n) is 3.43. The third-order valence-corrected chi connectivity index (χ3v) is 1.79. The highest BCUT2D eigenvalue weighted by atomic mass is 15.0. The summed E-state index contributed by atoms with van der Waals surface area (Å²) in [5, 5.41) is 0. The van der Waals surface area contributed by atoms with Gasteiger partial charge < -0.3 is 11.5 Å². The fourth-order valence-electron chi connectivity index (χ4n) is 1.20. The van der Waals surface area contributed by atoms with Crippen LogP contribution in [-0.2, 0) is 5.66 Å². The molecule has 0 aliphatic carbocycles. The molecule has 1 heterocycles. The van der Waals surface area contributed by atoms with Crippen LogP contribution in [0, 0.1) is 0 Å². The molecule has 0 aromatic heterocycles. The Balaban J connectivity index is 2.64. The van der Waals surface area contributed by atoms with Crippen LogP contribution in [0.1, 0.15) is 5.56 Å². The minimum atomic E-state index is -0.864. The quantitative estimate of drug-likeness (QED) is 0.524. The van der Waals surface area contributed by atoms with Gasteiger partial charge in [0.2, 0.25) is 0 Å². The predicted octanol–water partition coefficient (Wildman–Crippen LogP) is 0.473. The van der Waals surface area contributed by atoms with E-state index in [2.05, 4.69) is 4.99 Å². The Bertz CT molecular complexity index is 315. The van der Waals surface area contributed by atoms with E-state index in [1.807, 2.05) is 24.3 Å². The molecule has 0 bridgehead atoms. The van der Waals surface area contributed by atoms with Gasteiger partial charge in [0.1, 0.15) is 5.66 Å². The molecule has 1 aliphatic rings. The van der Waals surface area contributed by atoms with Crippen LogP contribution in [0.25, 0.3) is 0 Å². The summed E-state index contributed by atoms with van der Waals surface area (Å²) in [6.07, 6.45) is 1.57. The molecule has 2 rings (SSSR count). The van der Waals surface area contributed by atoms with E-state index in [-0.39, 0.29) is 0 Å². The van der Waals surface area contributed by atoms with Gasteiger partial charge in [0.05, 0.1) is 5.69 Å². The van der Waals surface area contributed by atoms with Crippen LogP contribution in [0.4, 0.5) is 5.69 Å². The van der Waals surface area contributed by atoms with E-state index in [9.17, 15) is 0 Å². The minimum absolute atomic E-state index is 0.864. The first-order chi connectivity index (χ1) is 5.20. The van der Waals surface area contributed by atoms with Crippen molar-refractivity contribution in [1.82, 2.24) is 0 Å². The van der Waals surface area contributed by atoms with Crippen molar-refractivity contribution in [2.24, 2.45) is 16.5 Å². The third-order valence-electron chi connectivity index (χ3n) is 1.79. The summed E-state index contributed by atoms with van der Waals surface area (Å²) >= 11 is 0. The molecule has 0 atom stereocenters. The molecule has 1 aliphatic heterocycles. The molecule has 11 heavy (non-hydrogen) atoms. The highest BCUT2D eigenvalue weighted by Gasteiger charge is 2.26. The number of nitrogens with two attached hydrogens (primary N) is 2. The number of para-hydroxylation sites is 1. The van der Waals surface area contributed by atoms with Crippen molar-refractivity contribution in [2.75, 3.05) is 0 Å². The van der Waals surface area contributed by atoms with E-state index in [0.29, 0.717) is 0 Å². The molecule has 56 valence electrons. The Morgan fingerprint density at radius 2 is 1.91 bits per heavy atom. The van der Waals surface area contributed by atoms with Crippen molar-refractivity contribution in [1.29, 1.82) is 0 Å². The Labute approximate surface area is 64.7 Å². The fraction of sp³-hybridized carbons (Fsp3) is 0.125. The smallest absolute Gasteiger partial charge is 0.129 e. The zero-order valence-corrected chi connectivity index (χ0v) is 5.99. The zero-order valence-electron chi connectivity index (χ0n) is 5.99. The predicted molar refractivity (Wildman–Crippen MR) is 44.6 cm³/mol. The maximum absolute atomic E-state index is 5.72. The SMILES string of the molecule is NC1(N)C=Nc2ccccc21. The van der Waals surface area contributed by atoms with Gasteiger partial charge in [-0.05, 0) is 6.07 Å². The summed E-state index contributed by atoms with van der Waals surface area (Å²) in [6, 6.07) is 7.61. The first kappa shape index (κ1) is 6.52. The van der Waals surface area contributed by atoms with Crippen LogP contribution < -0.4 is 11.5 Å². The van der Waals surface area contributed by atoms with Crippen LogP contribution in [0.15, 0.2) is 29.3 Å². The standard InChI is InChI=1S/C8H9N3/c9-8(10)5-11-7-4-2-1-3-6(7)8/h1-5H,9-10H2. The van der Waals surface area contributed by atoms with Gasteiger partial charge in [-0.25, -0.2) is 0 Å². The molecule has 0 unspecified atom stereocenters. The molecule has 0 fully saturated rings. The number of hydrogen-bond donors (Lipinski definition) is 2. The summed E-state index contributed by atoms with van der Waals surface area (Å²) < 4.78 is 0. The van der Waals surface area contributed by atoms with Crippen LogP contribution in [0.3, 0.4) is 0 Å². The van der Waals surface area contributed by atoms with Crippen molar-refractivity contribution in [3.63, 3.8) is 0 Å². The lowest BCUT2D eigenvalue weighted by Crippen LogP contribution is -2.45. The monoisotopic (exact) mass is 147 g/mol. The number of hydrogen-bond acceptors (Lipinski definition) is 3. The Morgan fingerprint density at radius 3 is 2.64 bits per heavy atom. The lowest BCUT2D eigenvalue weighted by Gasteiger charge is -2.14. The van der Waals surface area contributed by atoms with E-state index >= 15 is 0 Å². The molecule has 0 amide bonds. The Morgan fingerprint density at radius 1 is 1.18 bits per heavy atom. The molecular formula is C8H9N3.